The van der Waals surface area contributed by atoms with Gasteiger partial charge >= 0.3 is 18.2 Å². The Kier molecular flexibility index (Phi) is 9.78. The molecule has 2 amide bonds. The predicted molar refractivity (Wildman–Crippen MR) is 107 cm³/mol. The quantitative estimate of drug-likeness (QED) is 0.484. The summed E-state index contributed by atoms with van der Waals surface area (Å²) >= 11 is 3.38. The number of ether oxygens (including phenoxy) is 2. The molecule has 0 aliphatic carbocycles. The van der Waals surface area contributed by atoms with Crippen molar-refractivity contribution < 1.29 is 29.0 Å². The zero-order valence-electron chi connectivity index (χ0n) is 16.3. The summed E-state index contributed by atoms with van der Waals surface area (Å²) in [6.07, 6.45) is -0.0465. The van der Waals surface area contributed by atoms with E-state index >= 15 is 0 Å². The summed E-state index contributed by atoms with van der Waals surface area (Å²) in [4.78, 5) is 34.6. The minimum atomic E-state index is -1.13. The second-order valence-electron chi connectivity index (χ2n) is 7.13. The number of alkyl carbamates (subject to hydrolysis) is 2. The zero-order chi connectivity index (χ0) is 21.2. The van der Waals surface area contributed by atoms with Crippen molar-refractivity contribution in [1.82, 2.24) is 10.6 Å². The van der Waals surface area contributed by atoms with E-state index in [1.165, 1.54) is 0 Å². The third kappa shape index (κ3) is 10.1. The number of carbonyl (C=O) groups is 3. The average Bonchev–Trinajstić information content (AvgIpc) is 2.58. The van der Waals surface area contributed by atoms with Crippen LogP contribution in [0.25, 0.3) is 0 Å². The Morgan fingerprint density at radius 1 is 1.14 bits per heavy atom. The number of hydrogen-bond donors (Lipinski definition) is 3. The monoisotopic (exact) mass is 458 g/mol. The number of rotatable bonds is 9. The van der Waals surface area contributed by atoms with Crippen LogP contribution in [0, 0.1) is 0 Å². The Labute approximate surface area is 173 Å². The predicted octanol–water partition coefficient (Wildman–Crippen LogP) is 3.82. The summed E-state index contributed by atoms with van der Waals surface area (Å²) in [5.74, 6) is -1.13. The van der Waals surface area contributed by atoms with Gasteiger partial charge in [0.2, 0.25) is 0 Å². The van der Waals surface area contributed by atoms with Crippen LogP contribution in [0.2, 0.25) is 0 Å². The van der Waals surface area contributed by atoms with Gasteiger partial charge in [0, 0.05) is 16.6 Å². The highest BCUT2D eigenvalue weighted by molar-refractivity contribution is 9.10. The molecule has 0 aliphatic rings. The molecule has 1 aromatic carbocycles. The molecule has 1 rings (SSSR count). The molecule has 0 radical (unpaired) electrons. The molecular weight excluding hydrogens is 432 g/mol. The van der Waals surface area contributed by atoms with E-state index in [2.05, 4.69) is 26.6 Å². The summed E-state index contributed by atoms with van der Waals surface area (Å²) in [6, 6.07) is 6.39. The minimum absolute atomic E-state index is 0.147. The smallest absolute Gasteiger partial charge is 0.408 e. The summed E-state index contributed by atoms with van der Waals surface area (Å²) in [7, 11) is 0. The second kappa shape index (κ2) is 11.5. The highest BCUT2D eigenvalue weighted by Gasteiger charge is 2.23. The molecule has 28 heavy (non-hydrogen) atoms. The van der Waals surface area contributed by atoms with Crippen LogP contribution < -0.4 is 10.6 Å². The molecule has 0 aromatic heterocycles. The molecule has 0 heterocycles. The molecule has 156 valence electrons. The number of nitrogens with one attached hydrogen (secondary N) is 2. The van der Waals surface area contributed by atoms with E-state index in [9.17, 15) is 19.5 Å². The van der Waals surface area contributed by atoms with Crippen molar-refractivity contribution in [2.24, 2.45) is 0 Å². The van der Waals surface area contributed by atoms with E-state index in [0.29, 0.717) is 19.4 Å². The molecule has 0 saturated heterocycles. The summed E-state index contributed by atoms with van der Waals surface area (Å²) < 4.78 is 11.0. The van der Waals surface area contributed by atoms with Crippen LogP contribution in [0.4, 0.5) is 9.59 Å². The van der Waals surface area contributed by atoms with Gasteiger partial charge in [0.05, 0.1) is 0 Å². The topological polar surface area (TPSA) is 114 Å². The van der Waals surface area contributed by atoms with Crippen molar-refractivity contribution in [1.29, 1.82) is 0 Å². The molecule has 0 fully saturated rings. The molecule has 8 nitrogen and oxygen atoms in total. The lowest BCUT2D eigenvalue weighted by Gasteiger charge is -2.22. The van der Waals surface area contributed by atoms with Crippen molar-refractivity contribution in [2.75, 3.05) is 6.54 Å². The fraction of sp³-hybridized carbons (Fsp3) is 0.526. The number of carbonyl (C=O) groups excluding carboxylic acids is 2. The van der Waals surface area contributed by atoms with Gasteiger partial charge in [-0.2, -0.15) is 0 Å². The molecule has 0 bridgehead atoms. The lowest BCUT2D eigenvalue weighted by atomic mass is 10.1. The average molecular weight is 459 g/mol. The van der Waals surface area contributed by atoms with Crippen LogP contribution in [0.3, 0.4) is 0 Å². The van der Waals surface area contributed by atoms with Crippen molar-refractivity contribution >= 4 is 34.1 Å². The van der Waals surface area contributed by atoms with Crippen molar-refractivity contribution in [3.05, 3.63) is 34.3 Å². The number of unbranched alkanes of at least 4 members (excludes halogenated alkanes) is 1. The van der Waals surface area contributed by atoms with E-state index < -0.39 is 29.8 Å². The molecule has 0 saturated carbocycles. The minimum Gasteiger partial charge on any atom is -0.480 e. The van der Waals surface area contributed by atoms with Crippen molar-refractivity contribution in [3.8, 4) is 0 Å². The lowest BCUT2D eigenvalue weighted by molar-refractivity contribution is -0.139. The molecule has 0 spiro atoms. The van der Waals surface area contributed by atoms with Crippen molar-refractivity contribution in [3.63, 3.8) is 0 Å². The molecule has 9 heteroatoms. The molecule has 1 atom stereocenters. The molecular formula is C19H27BrN2O6. The molecule has 0 aliphatic heterocycles. The number of carboxylic acids is 1. The van der Waals surface area contributed by atoms with Crippen LogP contribution in [0.1, 0.15) is 45.6 Å². The number of aliphatic carboxylic acids is 1. The third-order valence-electron chi connectivity index (χ3n) is 3.49. The largest absolute Gasteiger partial charge is 0.480 e. The Hall–Kier alpha value is -2.29. The van der Waals surface area contributed by atoms with E-state index in [1.807, 2.05) is 24.3 Å². The second-order valence-corrected chi connectivity index (χ2v) is 7.98. The zero-order valence-corrected chi connectivity index (χ0v) is 17.9. The maximum Gasteiger partial charge on any atom is 0.408 e. The normalized spacial score (nSPS) is 12.0. The van der Waals surface area contributed by atoms with Crippen LogP contribution in [-0.4, -0.2) is 41.4 Å². The molecule has 3 N–H and O–H groups in total. The number of amides is 2. The summed E-state index contributed by atoms with van der Waals surface area (Å²) in [5, 5.41) is 14.2. The van der Waals surface area contributed by atoms with Gasteiger partial charge in [-0.3, -0.25) is 0 Å². The maximum absolute atomic E-state index is 11.7. The fourth-order valence-corrected chi connectivity index (χ4v) is 2.58. The van der Waals surface area contributed by atoms with E-state index in [0.717, 1.165) is 10.0 Å². The van der Waals surface area contributed by atoms with E-state index in [4.69, 9.17) is 9.47 Å². The summed E-state index contributed by atoms with van der Waals surface area (Å²) in [6.45, 7) is 5.58. The number of carboxylic acid groups (broad SMARTS) is 1. The Balaban J connectivity index is 2.24. The van der Waals surface area contributed by atoms with E-state index in [-0.39, 0.29) is 13.0 Å². The standard InChI is InChI=1S/C19H27BrN2O6/c1-19(2,3)28-18(26)22-15(16(23)24)10-6-7-11-21-17(25)27-12-13-8-4-5-9-14(13)20/h4-5,8-9,15H,6-7,10-12H2,1-3H3,(H,21,25)(H,22,26)(H,23,24)/t15-/m0/s1. The first-order valence-corrected chi connectivity index (χ1v) is 9.74. The SMILES string of the molecule is CC(C)(C)OC(=O)N[C@@H](CCCCNC(=O)OCc1ccccc1Br)C(=O)O. The highest BCUT2D eigenvalue weighted by Crippen LogP contribution is 2.16. The number of hydrogen-bond acceptors (Lipinski definition) is 5. The third-order valence-corrected chi connectivity index (χ3v) is 4.27. The summed E-state index contributed by atoms with van der Waals surface area (Å²) in [5.41, 5.74) is 0.155. The van der Waals surface area contributed by atoms with Gasteiger partial charge < -0.3 is 25.2 Å². The fourth-order valence-electron chi connectivity index (χ4n) is 2.18. The van der Waals surface area contributed by atoms with Gasteiger partial charge in [-0.15, -0.1) is 0 Å². The molecule has 1 aromatic rings. The Morgan fingerprint density at radius 2 is 1.82 bits per heavy atom. The van der Waals surface area contributed by atoms with Gasteiger partial charge in [-0.1, -0.05) is 34.1 Å². The van der Waals surface area contributed by atoms with Gasteiger partial charge in [0.1, 0.15) is 18.2 Å². The van der Waals surface area contributed by atoms with Gasteiger partial charge in [-0.25, -0.2) is 14.4 Å². The molecule has 0 unspecified atom stereocenters. The van der Waals surface area contributed by atoms with Gasteiger partial charge in [-0.05, 0) is 46.1 Å². The first-order valence-electron chi connectivity index (χ1n) is 8.95. The Bertz CT molecular complexity index is 675. The number of benzene rings is 1. The lowest BCUT2D eigenvalue weighted by Crippen LogP contribution is -2.43. The Morgan fingerprint density at radius 3 is 2.43 bits per heavy atom. The van der Waals surface area contributed by atoms with Crippen LogP contribution in [0.15, 0.2) is 28.7 Å². The number of halogens is 1. The van der Waals surface area contributed by atoms with Gasteiger partial charge in [0.15, 0.2) is 0 Å². The van der Waals surface area contributed by atoms with Gasteiger partial charge in [0.25, 0.3) is 0 Å². The van der Waals surface area contributed by atoms with Crippen LogP contribution in [0.5, 0.6) is 0 Å². The maximum atomic E-state index is 11.7. The first-order chi connectivity index (χ1) is 13.1. The highest BCUT2D eigenvalue weighted by atomic mass is 79.9. The van der Waals surface area contributed by atoms with Crippen LogP contribution >= 0.6 is 15.9 Å². The van der Waals surface area contributed by atoms with Crippen molar-refractivity contribution in [2.45, 2.75) is 58.3 Å². The first kappa shape index (κ1) is 23.7. The van der Waals surface area contributed by atoms with Crippen LogP contribution in [-0.2, 0) is 20.9 Å². The van der Waals surface area contributed by atoms with E-state index in [1.54, 1.807) is 20.8 Å².